The molecule has 27 heavy (non-hydrogen) atoms. The van der Waals surface area contributed by atoms with Crippen LogP contribution in [-0.4, -0.2) is 41.1 Å². The molecule has 1 aromatic heterocycles. The second kappa shape index (κ2) is 7.13. The summed E-state index contributed by atoms with van der Waals surface area (Å²) in [5.41, 5.74) is 10.5. The van der Waals surface area contributed by atoms with Gasteiger partial charge in [-0.15, -0.1) is 5.10 Å². The summed E-state index contributed by atoms with van der Waals surface area (Å²) >= 11 is 1.41. The van der Waals surface area contributed by atoms with Gasteiger partial charge in [0.25, 0.3) is 0 Å². The van der Waals surface area contributed by atoms with E-state index in [0.29, 0.717) is 11.5 Å². The molecule has 0 aliphatic carbocycles. The van der Waals surface area contributed by atoms with Crippen LogP contribution in [0, 0.1) is 0 Å². The number of nitrogens with two attached hydrogens (primary N) is 1. The van der Waals surface area contributed by atoms with Crippen LogP contribution in [0.2, 0.25) is 0 Å². The maximum atomic E-state index is 6.56. The lowest BCUT2D eigenvalue weighted by Gasteiger charge is -2.35. The van der Waals surface area contributed by atoms with Crippen molar-refractivity contribution in [1.29, 1.82) is 0 Å². The average molecular weight is 383 g/mol. The second-order valence-electron chi connectivity index (χ2n) is 6.39. The van der Waals surface area contributed by atoms with E-state index in [1.807, 2.05) is 19.1 Å². The molecule has 1 aliphatic rings. The number of benzene rings is 2. The molecule has 0 fully saturated rings. The molecule has 8 heteroatoms. The molecule has 1 aliphatic heterocycles. The number of methoxy groups -OCH3 is 2. The summed E-state index contributed by atoms with van der Waals surface area (Å²) < 4.78 is 15.9. The Morgan fingerprint density at radius 1 is 1.15 bits per heavy atom. The first-order valence-corrected chi connectivity index (χ1v) is 9.42. The first-order chi connectivity index (χ1) is 13.1. The van der Waals surface area contributed by atoms with Crippen molar-refractivity contribution >= 4 is 33.3 Å². The number of aliphatic imine (C=N–C) groups is 1. The Morgan fingerprint density at radius 2 is 1.93 bits per heavy atom. The van der Waals surface area contributed by atoms with Gasteiger partial charge in [-0.3, -0.25) is 0 Å². The van der Waals surface area contributed by atoms with Crippen molar-refractivity contribution in [1.82, 2.24) is 14.5 Å². The predicted octanol–water partition coefficient (Wildman–Crippen LogP) is 3.27. The van der Waals surface area contributed by atoms with Gasteiger partial charge in [-0.25, -0.2) is 4.99 Å². The fourth-order valence-electron chi connectivity index (χ4n) is 3.36. The molecule has 1 unspecified atom stereocenters. The quantitative estimate of drug-likeness (QED) is 0.728. The molecular weight excluding hydrogens is 362 g/mol. The van der Waals surface area contributed by atoms with Gasteiger partial charge in [-0.05, 0) is 48.6 Å². The summed E-state index contributed by atoms with van der Waals surface area (Å²) in [5.74, 6) is 2.19. The van der Waals surface area contributed by atoms with Gasteiger partial charge in [0.2, 0.25) is 0 Å². The summed E-state index contributed by atoms with van der Waals surface area (Å²) in [7, 11) is 3.24. The molecule has 7 nitrogen and oxygen atoms in total. The lowest BCUT2D eigenvalue weighted by Crippen LogP contribution is -2.41. The van der Waals surface area contributed by atoms with Crippen molar-refractivity contribution in [3.8, 4) is 11.5 Å². The van der Waals surface area contributed by atoms with Crippen LogP contribution in [-0.2, 0) is 6.42 Å². The molecule has 140 valence electrons. The number of fused-ring (bicyclic) bond motifs is 2. The summed E-state index contributed by atoms with van der Waals surface area (Å²) in [5, 5.41) is 4.15. The topological polar surface area (TPSA) is 85.9 Å². The van der Waals surface area contributed by atoms with Crippen LogP contribution >= 0.6 is 11.5 Å². The normalized spacial score (nSPS) is 16.2. The summed E-state index contributed by atoms with van der Waals surface area (Å²) in [6, 6.07) is 10.1. The Balaban J connectivity index is 1.58. The number of aromatic nitrogens is 2. The van der Waals surface area contributed by atoms with Gasteiger partial charge in [0.1, 0.15) is 17.5 Å². The van der Waals surface area contributed by atoms with E-state index >= 15 is 0 Å². The first kappa shape index (κ1) is 17.7. The molecule has 1 atom stereocenters. The van der Waals surface area contributed by atoms with Crippen molar-refractivity contribution in [2.45, 2.75) is 19.5 Å². The minimum Gasteiger partial charge on any atom is -0.493 e. The number of rotatable bonds is 5. The molecule has 0 spiro atoms. The van der Waals surface area contributed by atoms with Gasteiger partial charge in [-0.1, -0.05) is 10.6 Å². The number of hydrogen-bond acceptors (Lipinski definition) is 8. The van der Waals surface area contributed by atoms with E-state index in [2.05, 4.69) is 32.7 Å². The van der Waals surface area contributed by atoms with Crippen molar-refractivity contribution in [2.75, 3.05) is 20.8 Å². The fraction of sp³-hybridized carbons (Fsp3) is 0.316. The van der Waals surface area contributed by atoms with E-state index in [-0.39, 0.29) is 6.17 Å². The minimum atomic E-state index is -0.290. The first-order valence-electron chi connectivity index (χ1n) is 8.65. The van der Waals surface area contributed by atoms with Crippen LogP contribution in [0.15, 0.2) is 35.3 Å². The van der Waals surface area contributed by atoms with Crippen LogP contribution < -0.4 is 15.2 Å². The maximum Gasteiger partial charge on any atom is 0.162 e. The number of ether oxygens (including phenoxy) is 2. The third-order valence-corrected chi connectivity index (χ3v) is 5.54. The highest BCUT2D eigenvalue weighted by atomic mass is 32.1. The Labute approximate surface area is 161 Å². The highest BCUT2D eigenvalue weighted by Crippen LogP contribution is 2.40. The zero-order chi connectivity index (χ0) is 19.0. The predicted molar refractivity (Wildman–Crippen MR) is 107 cm³/mol. The molecule has 0 bridgehead atoms. The standard InChI is InChI=1S/C19H21N5O2S/c1-11-21-14-10-17(26-3)16(25-2)9-13(14)19(20)24(11)7-6-12-4-5-18-15(8-12)22-23-27-18/h4-5,8-10,19H,6-7,20H2,1-3H3. The number of nitrogens with zero attached hydrogens (tertiary/aromatic N) is 4. The summed E-state index contributed by atoms with van der Waals surface area (Å²) in [6.07, 6.45) is 0.554. The molecule has 4 rings (SSSR count). The molecule has 2 aromatic carbocycles. The van der Waals surface area contributed by atoms with Gasteiger partial charge in [0, 0.05) is 18.2 Å². The van der Waals surface area contributed by atoms with Gasteiger partial charge >= 0.3 is 0 Å². The Morgan fingerprint density at radius 3 is 2.70 bits per heavy atom. The second-order valence-corrected chi connectivity index (χ2v) is 7.17. The third-order valence-electron chi connectivity index (χ3n) is 4.84. The molecule has 0 saturated carbocycles. The maximum absolute atomic E-state index is 6.56. The molecule has 0 saturated heterocycles. The Hall–Kier alpha value is -2.71. The molecule has 2 N–H and O–H groups in total. The zero-order valence-electron chi connectivity index (χ0n) is 15.5. The molecular formula is C19H21N5O2S. The van der Waals surface area contributed by atoms with Crippen LogP contribution in [0.4, 0.5) is 5.69 Å². The minimum absolute atomic E-state index is 0.290. The zero-order valence-corrected chi connectivity index (χ0v) is 16.3. The molecule has 0 radical (unpaired) electrons. The Bertz CT molecular complexity index is 1020. The van der Waals surface area contributed by atoms with Crippen molar-refractivity contribution < 1.29 is 9.47 Å². The van der Waals surface area contributed by atoms with Crippen LogP contribution in [0.25, 0.3) is 10.2 Å². The smallest absolute Gasteiger partial charge is 0.162 e. The highest BCUT2D eigenvalue weighted by Gasteiger charge is 2.26. The SMILES string of the molecule is COc1cc2c(cc1OC)C(N)N(CCc1ccc3snnc3c1)C(C)=N2. The fourth-order valence-corrected chi connectivity index (χ4v) is 3.90. The largest absolute Gasteiger partial charge is 0.493 e. The van der Waals surface area contributed by atoms with Gasteiger partial charge < -0.3 is 20.1 Å². The van der Waals surface area contributed by atoms with Gasteiger partial charge in [0.05, 0.1) is 24.6 Å². The molecule has 3 aromatic rings. The van der Waals surface area contributed by atoms with Crippen molar-refractivity contribution in [2.24, 2.45) is 10.7 Å². The summed E-state index contributed by atoms with van der Waals surface area (Å²) in [6.45, 7) is 2.74. The van der Waals surface area contributed by atoms with E-state index in [1.54, 1.807) is 14.2 Å². The Kier molecular flexibility index (Phi) is 4.67. The van der Waals surface area contributed by atoms with Crippen LogP contribution in [0.3, 0.4) is 0 Å². The van der Waals surface area contributed by atoms with Crippen LogP contribution in [0.1, 0.15) is 24.2 Å². The van der Waals surface area contributed by atoms with E-state index in [4.69, 9.17) is 20.2 Å². The lowest BCUT2D eigenvalue weighted by molar-refractivity contribution is 0.315. The lowest BCUT2D eigenvalue weighted by atomic mass is 10.0. The van der Waals surface area contributed by atoms with Gasteiger partial charge in [0.15, 0.2) is 11.5 Å². The average Bonchev–Trinajstić information content (AvgIpc) is 3.14. The van der Waals surface area contributed by atoms with Crippen molar-refractivity contribution in [3.05, 3.63) is 41.5 Å². The van der Waals surface area contributed by atoms with E-state index in [1.165, 1.54) is 17.1 Å². The third kappa shape index (κ3) is 3.22. The number of hydrogen-bond donors (Lipinski definition) is 1. The molecule has 2 heterocycles. The van der Waals surface area contributed by atoms with E-state index in [9.17, 15) is 0 Å². The number of amidine groups is 1. The summed E-state index contributed by atoms with van der Waals surface area (Å²) in [4.78, 5) is 6.83. The van der Waals surface area contributed by atoms with Gasteiger partial charge in [-0.2, -0.15) is 0 Å². The highest BCUT2D eigenvalue weighted by molar-refractivity contribution is 7.12. The molecule has 0 amide bonds. The van der Waals surface area contributed by atoms with Crippen LogP contribution in [0.5, 0.6) is 11.5 Å². The van der Waals surface area contributed by atoms with Crippen molar-refractivity contribution in [3.63, 3.8) is 0 Å². The van der Waals surface area contributed by atoms with E-state index < -0.39 is 0 Å². The monoisotopic (exact) mass is 383 g/mol. The van der Waals surface area contributed by atoms with E-state index in [0.717, 1.165) is 40.3 Å².